The Morgan fingerprint density at radius 3 is 2.52 bits per heavy atom. The SMILES string of the molecule is CNNC(=O)CCOc1ccc(C(=O)c2ccccc2)c(O)c1. The summed E-state index contributed by atoms with van der Waals surface area (Å²) in [5, 5.41) is 10.0. The molecule has 3 N–H and O–H groups in total. The van der Waals surface area contributed by atoms with Crippen molar-refractivity contribution in [2.45, 2.75) is 6.42 Å². The van der Waals surface area contributed by atoms with Gasteiger partial charge in [0.2, 0.25) is 5.91 Å². The summed E-state index contributed by atoms with van der Waals surface area (Å²) in [6, 6.07) is 13.2. The number of rotatable bonds is 7. The number of hydrogen-bond donors (Lipinski definition) is 3. The average Bonchev–Trinajstić information content (AvgIpc) is 2.55. The fourth-order valence-corrected chi connectivity index (χ4v) is 2.00. The summed E-state index contributed by atoms with van der Waals surface area (Å²) in [4.78, 5) is 23.5. The quantitative estimate of drug-likeness (QED) is 0.534. The van der Waals surface area contributed by atoms with Crippen LogP contribution in [-0.4, -0.2) is 30.5 Å². The van der Waals surface area contributed by atoms with Crippen molar-refractivity contribution in [3.05, 3.63) is 59.7 Å². The van der Waals surface area contributed by atoms with Gasteiger partial charge in [0.25, 0.3) is 0 Å². The summed E-state index contributed by atoms with van der Waals surface area (Å²) >= 11 is 0. The molecule has 0 bridgehead atoms. The van der Waals surface area contributed by atoms with E-state index in [1.54, 1.807) is 37.4 Å². The molecule has 2 aromatic rings. The van der Waals surface area contributed by atoms with Crippen LogP contribution in [0.5, 0.6) is 11.5 Å². The van der Waals surface area contributed by atoms with Gasteiger partial charge in [-0.15, -0.1) is 0 Å². The van der Waals surface area contributed by atoms with Gasteiger partial charge in [-0.25, -0.2) is 5.43 Å². The smallest absolute Gasteiger partial charge is 0.237 e. The molecule has 0 saturated heterocycles. The van der Waals surface area contributed by atoms with Crippen molar-refractivity contribution in [2.24, 2.45) is 0 Å². The molecule has 120 valence electrons. The molecule has 0 aliphatic rings. The lowest BCUT2D eigenvalue weighted by atomic mass is 10.0. The highest BCUT2D eigenvalue weighted by atomic mass is 16.5. The first kappa shape index (κ1) is 16.5. The highest BCUT2D eigenvalue weighted by molar-refractivity contribution is 6.10. The first-order valence-corrected chi connectivity index (χ1v) is 7.13. The van der Waals surface area contributed by atoms with Gasteiger partial charge in [0.1, 0.15) is 11.5 Å². The first-order valence-electron chi connectivity index (χ1n) is 7.13. The third kappa shape index (κ3) is 4.55. The van der Waals surface area contributed by atoms with Gasteiger partial charge in [-0.05, 0) is 12.1 Å². The lowest BCUT2D eigenvalue weighted by molar-refractivity contribution is -0.122. The molecule has 2 rings (SSSR count). The molecule has 0 fully saturated rings. The van der Waals surface area contributed by atoms with E-state index in [1.807, 2.05) is 6.07 Å². The van der Waals surface area contributed by atoms with E-state index < -0.39 is 0 Å². The van der Waals surface area contributed by atoms with E-state index >= 15 is 0 Å². The maximum Gasteiger partial charge on any atom is 0.237 e. The number of carbonyl (C=O) groups excluding carboxylic acids is 2. The van der Waals surface area contributed by atoms with E-state index in [0.717, 1.165) is 0 Å². The number of hydrazine groups is 1. The number of phenols is 1. The van der Waals surface area contributed by atoms with E-state index in [4.69, 9.17) is 4.74 Å². The van der Waals surface area contributed by atoms with Crippen LogP contribution in [0.15, 0.2) is 48.5 Å². The Balaban J connectivity index is 2.01. The Morgan fingerprint density at radius 2 is 1.87 bits per heavy atom. The van der Waals surface area contributed by atoms with Crippen LogP contribution in [0.1, 0.15) is 22.3 Å². The molecule has 0 radical (unpaired) electrons. The van der Waals surface area contributed by atoms with Crippen molar-refractivity contribution in [1.82, 2.24) is 10.9 Å². The molecule has 0 aliphatic carbocycles. The maximum atomic E-state index is 12.3. The number of carbonyl (C=O) groups is 2. The molecule has 2 aromatic carbocycles. The summed E-state index contributed by atoms with van der Waals surface area (Å²) in [5.74, 6) is -0.226. The average molecular weight is 314 g/mol. The van der Waals surface area contributed by atoms with Crippen LogP contribution < -0.4 is 15.6 Å². The van der Waals surface area contributed by atoms with Crippen LogP contribution in [0.4, 0.5) is 0 Å². The number of phenolic OH excluding ortho intramolecular Hbond substituents is 1. The van der Waals surface area contributed by atoms with Gasteiger partial charge in [-0.3, -0.25) is 15.0 Å². The van der Waals surface area contributed by atoms with Crippen LogP contribution in [-0.2, 0) is 4.79 Å². The van der Waals surface area contributed by atoms with Gasteiger partial charge in [0.05, 0.1) is 18.6 Å². The molecule has 23 heavy (non-hydrogen) atoms. The van der Waals surface area contributed by atoms with Crippen LogP contribution in [0.3, 0.4) is 0 Å². The Hall–Kier alpha value is -2.86. The molecule has 0 aromatic heterocycles. The third-order valence-corrected chi connectivity index (χ3v) is 3.11. The molecule has 6 nitrogen and oxygen atoms in total. The predicted octanol–water partition coefficient (Wildman–Crippen LogP) is 1.64. The molecule has 0 heterocycles. The number of nitrogens with one attached hydrogen (secondary N) is 2. The van der Waals surface area contributed by atoms with Crippen LogP contribution in [0, 0.1) is 0 Å². The fourth-order valence-electron chi connectivity index (χ4n) is 2.00. The summed E-state index contributed by atoms with van der Waals surface area (Å²) in [5.41, 5.74) is 5.66. The standard InChI is InChI=1S/C17H18N2O4/c1-18-19-16(21)9-10-23-13-7-8-14(15(20)11-13)17(22)12-5-3-2-4-6-12/h2-8,11,18,20H,9-10H2,1H3,(H,19,21). The molecule has 0 unspecified atom stereocenters. The van der Waals surface area contributed by atoms with Gasteiger partial charge in [-0.1, -0.05) is 30.3 Å². The molecular formula is C17H18N2O4. The number of hydrogen-bond acceptors (Lipinski definition) is 5. The fraction of sp³-hybridized carbons (Fsp3) is 0.176. The second-order valence-corrected chi connectivity index (χ2v) is 4.77. The second kappa shape index (κ2) is 7.95. The van der Waals surface area contributed by atoms with E-state index in [-0.39, 0.29) is 36.0 Å². The number of benzene rings is 2. The summed E-state index contributed by atoms with van der Waals surface area (Å²) in [6.07, 6.45) is 0.173. The Morgan fingerprint density at radius 1 is 1.13 bits per heavy atom. The zero-order valence-electron chi connectivity index (χ0n) is 12.7. The van der Waals surface area contributed by atoms with E-state index in [1.165, 1.54) is 12.1 Å². The highest BCUT2D eigenvalue weighted by Gasteiger charge is 2.14. The number of aromatic hydroxyl groups is 1. The number of ketones is 1. The molecule has 1 amide bonds. The zero-order valence-corrected chi connectivity index (χ0v) is 12.7. The minimum absolute atomic E-state index is 0.156. The first-order chi connectivity index (χ1) is 11.1. The van der Waals surface area contributed by atoms with Gasteiger partial charge >= 0.3 is 0 Å². The normalized spacial score (nSPS) is 10.1. The number of ether oxygens (including phenoxy) is 1. The second-order valence-electron chi connectivity index (χ2n) is 4.77. The lowest BCUT2D eigenvalue weighted by Gasteiger charge is -2.09. The molecule has 0 aliphatic heterocycles. The minimum Gasteiger partial charge on any atom is -0.507 e. The van der Waals surface area contributed by atoms with Crippen molar-refractivity contribution in [3.8, 4) is 11.5 Å². The summed E-state index contributed by atoms with van der Waals surface area (Å²) < 4.78 is 5.38. The minimum atomic E-state index is -0.261. The van der Waals surface area contributed by atoms with Crippen LogP contribution >= 0.6 is 0 Å². The van der Waals surface area contributed by atoms with Crippen molar-refractivity contribution >= 4 is 11.7 Å². The van der Waals surface area contributed by atoms with Crippen LogP contribution in [0.25, 0.3) is 0 Å². The van der Waals surface area contributed by atoms with Crippen molar-refractivity contribution in [2.75, 3.05) is 13.7 Å². The van der Waals surface area contributed by atoms with Crippen molar-refractivity contribution in [1.29, 1.82) is 0 Å². The van der Waals surface area contributed by atoms with Crippen molar-refractivity contribution < 1.29 is 19.4 Å². The molecule has 0 atom stereocenters. The Labute approximate surface area is 134 Å². The molecular weight excluding hydrogens is 296 g/mol. The molecule has 0 spiro atoms. The van der Waals surface area contributed by atoms with Crippen molar-refractivity contribution in [3.63, 3.8) is 0 Å². The largest absolute Gasteiger partial charge is 0.507 e. The van der Waals surface area contributed by atoms with Gasteiger partial charge in [0, 0.05) is 18.7 Å². The lowest BCUT2D eigenvalue weighted by Crippen LogP contribution is -2.34. The van der Waals surface area contributed by atoms with Gasteiger partial charge < -0.3 is 9.84 Å². The number of amides is 1. The molecule has 0 saturated carbocycles. The maximum absolute atomic E-state index is 12.3. The zero-order chi connectivity index (χ0) is 16.7. The predicted molar refractivity (Wildman–Crippen MR) is 85.3 cm³/mol. The van der Waals surface area contributed by atoms with E-state index in [0.29, 0.717) is 11.3 Å². The van der Waals surface area contributed by atoms with Crippen LogP contribution in [0.2, 0.25) is 0 Å². The van der Waals surface area contributed by atoms with E-state index in [9.17, 15) is 14.7 Å². The Bertz CT molecular complexity index is 686. The van der Waals surface area contributed by atoms with E-state index in [2.05, 4.69) is 10.9 Å². The highest BCUT2D eigenvalue weighted by Crippen LogP contribution is 2.26. The van der Waals surface area contributed by atoms with Gasteiger partial charge in [0.15, 0.2) is 5.78 Å². The third-order valence-electron chi connectivity index (χ3n) is 3.11. The topological polar surface area (TPSA) is 87.7 Å². The molecule has 6 heteroatoms. The summed E-state index contributed by atoms with van der Waals surface area (Å²) in [7, 11) is 1.60. The Kier molecular flexibility index (Phi) is 5.71. The van der Waals surface area contributed by atoms with Gasteiger partial charge in [-0.2, -0.15) is 0 Å². The summed E-state index contributed by atoms with van der Waals surface area (Å²) in [6.45, 7) is 0.166. The monoisotopic (exact) mass is 314 g/mol.